The molecular formula is C7H18IO8P3. The molecule has 0 amide bonds. The number of halogens is 1. The second kappa shape index (κ2) is 10.2. The molecule has 0 aromatic rings. The van der Waals surface area contributed by atoms with E-state index in [0.29, 0.717) is 18.8 Å². The lowest BCUT2D eigenvalue weighted by molar-refractivity contribution is 0.0705. The maximum absolute atomic E-state index is 11.4. The molecule has 0 saturated carbocycles. The fourth-order valence-corrected chi connectivity index (χ4v) is 4.29. The topological polar surface area (TPSA) is 112 Å². The highest BCUT2D eigenvalue weighted by molar-refractivity contribution is 14.2. The zero-order chi connectivity index (χ0) is 14.9. The predicted octanol–water partition coefficient (Wildman–Crippen LogP) is 2.69. The van der Waals surface area contributed by atoms with Crippen LogP contribution in [0.5, 0.6) is 0 Å². The van der Waals surface area contributed by atoms with Crippen molar-refractivity contribution in [3.63, 3.8) is 0 Å². The second-order valence-corrected chi connectivity index (χ2v) is 9.24. The lowest BCUT2D eigenvalue weighted by atomic mass is 10.4. The van der Waals surface area contributed by atoms with Gasteiger partial charge in [-0.05, 0) is 6.42 Å². The maximum Gasteiger partial charge on any atom is 0.472 e. The summed E-state index contributed by atoms with van der Waals surface area (Å²) < 4.78 is 41.1. The highest BCUT2D eigenvalue weighted by Crippen LogP contribution is 2.47. The fourth-order valence-electron chi connectivity index (χ4n) is 0.865. The first-order valence-corrected chi connectivity index (χ1v) is 12.6. The van der Waals surface area contributed by atoms with Gasteiger partial charge in [0.05, 0.1) is 19.3 Å². The molecule has 12 heteroatoms. The van der Waals surface area contributed by atoms with Crippen molar-refractivity contribution >= 4 is 43.9 Å². The molecule has 0 radical (unpaired) electrons. The third kappa shape index (κ3) is 10.7. The predicted molar refractivity (Wildman–Crippen MR) is 80.9 cm³/mol. The van der Waals surface area contributed by atoms with E-state index in [4.69, 9.17) is 9.05 Å². The van der Waals surface area contributed by atoms with E-state index >= 15 is 0 Å². The molecule has 0 aromatic carbocycles. The average molecular weight is 450 g/mol. The van der Waals surface area contributed by atoms with Crippen LogP contribution in [0.25, 0.3) is 0 Å². The maximum atomic E-state index is 11.4. The standard InChI is InChI=1S/C7H18IO8P3/c1-3-4-14-19(11,12)15-5-7(6-17-8)16-18(9,10)13-2/h7,17H,3-6H2,1-2H3,(H,9,10)(H,11,12). The van der Waals surface area contributed by atoms with Crippen LogP contribution < -0.4 is 0 Å². The van der Waals surface area contributed by atoms with Crippen LogP contribution in [0.2, 0.25) is 0 Å². The summed E-state index contributed by atoms with van der Waals surface area (Å²) in [6.45, 7) is 1.54. The number of phosphoric acid groups is 2. The summed E-state index contributed by atoms with van der Waals surface area (Å²) in [4.78, 5) is 18.5. The molecule has 0 aliphatic rings. The molecule has 0 saturated heterocycles. The molecule has 0 aliphatic carbocycles. The molecule has 0 aromatic heterocycles. The van der Waals surface area contributed by atoms with Crippen molar-refractivity contribution in [1.82, 2.24) is 0 Å². The van der Waals surface area contributed by atoms with E-state index in [1.165, 1.54) is 0 Å². The van der Waals surface area contributed by atoms with Crippen molar-refractivity contribution in [2.24, 2.45) is 0 Å². The smallest absolute Gasteiger partial charge is 0.302 e. The van der Waals surface area contributed by atoms with E-state index in [9.17, 15) is 18.9 Å². The molecule has 116 valence electrons. The minimum absolute atomic E-state index is 0.0872. The minimum Gasteiger partial charge on any atom is -0.302 e. The van der Waals surface area contributed by atoms with Gasteiger partial charge in [0.15, 0.2) is 0 Å². The summed E-state index contributed by atoms with van der Waals surface area (Å²) in [5, 5.41) is 0. The third-order valence-corrected chi connectivity index (χ3v) is 5.64. The zero-order valence-electron chi connectivity index (χ0n) is 10.5. The monoisotopic (exact) mass is 450 g/mol. The highest BCUT2D eigenvalue weighted by atomic mass is 127. The van der Waals surface area contributed by atoms with Crippen LogP contribution in [0.1, 0.15) is 13.3 Å². The lowest BCUT2D eigenvalue weighted by Gasteiger charge is -2.20. The molecule has 8 nitrogen and oxygen atoms in total. The lowest BCUT2D eigenvalue weighted by Crippen LogP contribution is -2.20. The minimum atomic E-state index is -4.15. The number of phosphoric ester groups is 2. The quantitative estimate of drug-likeness (QED) is 0.365. The van der Waals surface area contributed by atoms with Gasteiger partial charge in [-0.15, -0.1) is 0 Å². The molecule has 4 unspecified atom stereocenters. The Morgan fingerprint density at radius 3 is 2.37 bits per heavy atom. The number of hydrogen-bond acceptors (Lipinski definition) is 6. The summed E-state index contributed by atoms with van der Waals surface area (Å²) >= 11 is 2.07. The van der Waals surface area contributed by atoms with Gasteiger partial charge in [-0.25, -0.2) is 9.13 Å². The molecular weight excluding hydrogens is 432 g/mol. The molecule has 0 heterocycles. The molecule has 0 spiro atoms. The normalized spacial score (nSPS) is 20.3. The molecule has 0 bridgehead atoms. The summed E-state index contributed by atoms with van der Waals surface area (Å²) in [5.41, 5.74) is 0. The Morgan fingerprint density at radius 2 is 1.89 bits per heavy atom. The molecule has 0 rings (SSSR count). The van der Waals surface area contributed by atoms with E-state index in [0.717, 1.165) is 7.11 Å². The van der Waals surface area contributed by atoms with Crippen LogP contribution in [0.15, 0.2) is 0 Å². The SMILES string of the molecule is CCCOP(=O)(O)OCC(CPI)OP(=O)(O)OC. The second-order valence-electron chi connectivity index (χ2n) is 3.31. The van der Waals surface area contributed by atoms with Crippen LogP contribution in [0.3, 0.4) is 0 Å². The first-order chi connectivity index (χ1) is 8.76. The van der Waals surface area contributed by atoms with Gasteiger partial charge in [0, 0.05) is 13.3 Å². The van der Waals surface area contributed by atoms with Crippen molar-refractivity contribution in [3.05, 3.63) is 0 Å². The van der Waals surface area contributed by atoms with E-state index in [2.05, 4.69) is 31.1 Å². The Hall–Kier alpha value is 1.38. The Kier molecular flexibility index (Phi) is 10.9. The van der Waals surface area contributed by atoms with Gasteiger partial charge < -0.3 is 9.79 Å². The van der Waals surface area contributed by atoms with Gasteiger partial charge in [0.2, 0.25) is 0 Å². The van der Waals surface area contributed by atoms with E-state index in [-0.39, 0.29) is 13.2 Å². The van der Waals surface area contributed by atoms with E-state index in [1.807, 2.05) is 0 Å². The zero-order valence-corrected chi connectivity index (χ0v) is 15.5. The van der Waals surface area contributed by atoms with Crippen molar-refractivity contribution in [3.8, 4) is 0 Å². The fraction of sp³-hybridized carbons (Fsp3) is 1.00. The van der Waals surface area contributed by atoms with Crippen LogP contribution in [-0.2, 0) is 27.2 Å². The Balaban J connectivity index is 4.35. The molecule has 0 aliphatic heterocycles. The summed E-state index contributed by atoms with van der Waals surface area (Å²) in [6, 6.07) is 0. The van der Waals surface area contributed by atoms with Gasteiger partial charge in [-0.3, -0.25) is 18.1 Å². The third-order valence-electron chi connectivity index (χ3n) is 1.70. The number of hydrogen-bond donors (Lipinski definition) is 2. The molecule has 19 heavy (non-hydrogen) atoms. The highest BCUT2D eigenvalue weighted by Gasteiger charge is 2.28. The largest absolute Gasteiger partial charge is 0.472 e. The van der Waals surface area contributed by atoms with E-state index < -0.39 is 21.7 Å². The Morgan fingerprint density at radius 1 is 1.26 bits per heavy atom. The van der Waals surface area contributed by atoms with Gasteiger partial charge in [-0.1, -0.05) is 35.2 Å². The molecule has 2 N–H and O–H groups in total. The van der Waals surface area contributed by atoms with E-state index in [1.54, 1.807) is 6.92 Å². The van der Waals surface area contributed by atoms with Crippen LogP contribution in [-0.4, -0.2) is 42.4 Å². The van der Waals surface area contributed by atoms with Crippen molar-refractivity contribution in [1.29, 1.82) is 0 Å². The van der Waals surface area contributed by atoms with Crippen molar-refractivity contribution in [2.75, 3.05) is 26.5 Å². The number of rotatable bonds is 11. The Bertz CT molecular complexity index is 340. The summed E-state index contributed by atoms with van der Waals surface area (Å²) in [7, 11) is -7.27. The summed E-state index contributed by atoms with van der Waals surface area (Å²) in [5.74, 6) is 0. The average Bonchev–Trinajstić information content (AvgIpc) is 2.34. The molecule has 4 atom stereocenters. The Labute approximate surface area is 127 Å². The first-order valence-electron chi connectivity index (χ1n) is 5.28. The van der Waals surface area contributed by atoms with Crippen molar-refractivity contribution in [2.45, 2.75) is 19.4 Å². The van der Waals surface area contributed by atoms with Gasteiger partial charge in [0.1, 0.15) is 0 Å². The summed E-state index contributed by atoms with van der Waals surface area (Å²) in [6.07, 6.45) is 0.521. The molecule has 0 fully saturated rings. The van der Waals surface area contributed by atoms with Gasteiger partial charge >= 0.3 is 15.6 Å². The van der Waals surface area contributed by atoms with Crippen LogP contribution >= 0.6 is 43.9 Å². The van der Waals surface area contributed by atoms with Crippen LogP contribution in [0, 0.1) is 0 Å². The van der Waals surface area contributed by atoms with Crippen LogP contribution in [0.4, 0.5) is 0 Å². The van der Waals surface area contributed by atoms with Gasteiger partial charge in [0.25, 0.3) is 0 Å². The first kappa shape index (κ1) is 20.4. The van der Waals surface area contributed by atoms with Gasteiger partial charge in [-0.2, -0.15) is 0 Å². The van der Waals surface area contributed by atoms with Crippen molar-refractivity contribution < 1.29 is 37.0 Å².